The summed E-state index contributed by atoms with van der Waals surface area (Å²) in [4.78, 5) is 0. The fraction of sp³-hybridized carbons (Fsp3) is 0.0980. The smallest absolute Gasteiger partial charge is 0.0862 e. The van der Waals surface area contributed by atoms with Crippen LogP contribution in [-0.4, -0.2) is 10.7 Å². The van der Waals surface area contributed by atoms with E-state index >= 15 is 0 Å². The summed E-state index contributed by atoms with van der Waals surface area (Å²) < 4.78 is 7.76. The Morgan fingerprint density at radius 1 is 0.474 bits per heavy atom. The van der Waals surface area contributed by atoms with Gasteiger partial charge in [0.1, 0.15) is 0 Å². The Bertz CT molecular complexity index is 3190. The van der Waals surface area contributed by atoms with Crippen molar-refractivity contribution in [3.05, 3.63) is 185 Å². The second-order valence-corrected chi connectivity index (χ2v) is 17.6. The maximum Gasteiger partial charge on any atom is 0.0862 e. The van der Waals surface area contributed by atoms with E-state index in [-0.39, 0.29) is 18.5 Å². The molecule has 6 heteroatoms. The van der Waals surface area contributed by atoms with Gasteiger partial charge in [-0.25, -0.2) is 0 Å². The third-order valence-electron chi connectivity index (χ3n) is 12.1. The second kappa shape index (κ2) is 13.4. The summed E-state index contributed by atoms with van der Waals surface area (Å²) in [5.41, 5.74) is 8.68. The first-order valence-electron chi connectivity index (χ1n) is 19.8. The molecule has 0 spiro atoms. The van der Waals surface area contributed by atoms with Gasteiger partial charge >= 0.3 is 0 Å². The molecule has 0 radical (unpaired) electrons. The lowest BCUT2D eigenvalue weighted by atomic mass is 9.93. The number of thiophene rings is 2. The quantitative estimate of drug-likeness (QED) is 0.163. The van der Waals surface area contributed by atoms with E-state index in [1.165, 1.54) is 89.8 Å². The van der Waals surface area contributed by atoms with Crippen LogP contribution in [0.4, 0.5) is 0 Å². The Hall–Kier alpha value is -5.86. The minimum Gasteiger partial charge on any atom is -0.309 e. The van der Waals surface area contributed by atoms with Gasteiger partial charge in [-0.15, -0.1) is 22.7 Å². The van der Waals surface area contributed by atoms with E-state index in [9.17, 15) is 0 Å². The van der Waals surface area contributed by atoms with Crippen LogP contribution < -0.4 is 25.7 Å². The molecule has 0 saturated carbocycles. The highest BCUT2D eigenvalue weighted by Gasteiger charge is 2.33. The predicted molar refractivity (Wildman–Crippen MR) is 242 cm³/mol. The third kappa shape index (κ3) is 5.59. The normalized spacial score (nSPS) is 19.6. The largest absolute Gasteiger partial charge is 0.309 e. The first kappa shape index (κ1) is 33.3. The maximum absolute atomic E-state index is 3.92. The van der Waals surface area contributed by atoms with Crippen molar-refractivity contribution in [3.63, 3.8) is 0 Å². The molecule has 0 bridgehead atoms. The summed E-state index contributed by atoms with van der Waals surface area (Å²) in [6.45, 7) is 0. The van der Waals surface area contributed by atoms with Gasteiger partial charge in [-0.3, -0.25) is 16.0 Å². The van der Waals surface area contributed by atoms with Crippen LogP contribution >= 0.6 is 22.7 Å². The van der Waals surface area contributed by atoms with Crippen LogP contribution in [0, 0.1) is 5.92 Å². The zero-order valence-electron chi connectivity index (χ0n) is 31.0. The number of benzene rings is 7. The number of nitrogens with one attached hydrogen (secondary N) is 3. The zero-order valence-corrected chi connectivity index (χ0v) is 32.7. The van der Waals surface area contributed by atoms with Crippen LogP contribution in [0.5, 0.6) is 0 Å². The lowest BCUT2D eigenvalue weighted by Crippen LogP contribution is -2.61. The number of hydrogen-bond acceptors (Lipinski definition) is 5. The lowest BCUT2D eigenvalue weighted by molar-refractivity contribution is 0.176. The minimum atomic E-state index is 0.0420. The topological polar surface area (TPSA) is 41.0 Å². The number of hydrogen-bond donors (Lipinski definition) is 3. The third-order valence-corrected chi connectivity index (χ3v) is 14.4. The van der Waals surface area contributed by atoms with E-state index in [4.69, 9.17) is 0 Å². The molecule has 2 aliphatic rings. The molecule has 1 saturated heterocycles. The van der Waals surface area contributed by atoms with Gasteiger partial charge in [0, 0.05) is 57.2 Å². The van der Waals surface area contributed by atoms with Crippen molar-refractivity contribution in [2.75, 3.05) is 0 Å². The molecule has 1 aliphatic carbocycles. The summed E-state index contributed by atoms with van der Waals surface area (Å²) in [6, 6.07) is 60.1. The molecule has 3 N–H and O–H groups in total. The summed E-state index contributed by atoms with van der Waals surface area (Å²) in [5.74, 6) is 0.311. The average molecular weight is 771 g/mol. The van der Waals surface area contributed by atoms with Gasteiger partial charge in [-0.05, 0) is 88.5 Å². The van der Waals surface area contributed by atoms with Crippen LogP contribution in [-0.2, 0) is 0 Å². The maximum atomic E-state index is 3.92. The van der Waals surface area contributed by atoms with Gasteiger partial charge in [-0.1, -0.05) is 121 Å². The van der Waals surface area contributed by atoms with E-state index < -0.39 is 0 Å². The average Bonchev–Trinajstić information content (AvgIpc) is 3.95. The number of aromatic nitrogens is 1. The Morgan fingerprint density at radius 3 is 1.67 bits per heavy atom. The van der Waals surface area contributed by atoms with E-state index in [0.717, 1.165) is 6.42 Å². The van der Waals surface area contributed by atoms with E-state index in [1.807, 2.05) is 22.7 Å². The fourth-order valence-corrected chi connectivity index (χ4v) is 11.5. The Kier molecular flexibility index (Phi) is 7.81. The second-order valence-electron chi connectivity index (χ2n) is 15.4. The van der Waals surface area contributed by atoms with Crippen molar-refractivity contribution in [2.24, 2.45) is 5.92 Å². The SMILES string of the molecule is C1=c2sc3ccc(-c4ccc5sc6ccc(-n7c8ccccc8c8ccccc87)cc6c5c4)cc3c2=CCC1C1NC(c2ccccc2)NC(c2ccccc2)N1. The lowest BCUT2D eigenvalue weighted by Gasteiger charge is -2.42. The molecule has 1 aliphatic heterocycles. The Labute approximate surface area is 338 Å². The molecule has 7 aromatic carbocycles. The molecule has 4 nitrogen and oxygen atoms in total. The first-order valence-corrected chi connectivity index (χ1v) is 21.4. The number of nitrogens with zero attached hydrogens (tertiary/aromatic N) is 1. The summed E-state index contributed by atoms with van der Waals surface area (Å²) in [7, 11) is 0. The highest BCUT2D eigenvalue weighted by atomic mass is 32.1. The summed E-state index contributed by atoms with van der Waals surface area (Å²) in [5, 5.41) is 19.6. The number of rotatable bonds is 5. The molecule has 57 heavy (non-hydrogen) atoms. The monoisotopic (exact) mass is 770 g/mol. The van der Waals surface area contributed by atoms with Crippen LogP contribution in [0.2, 0.25) is 0 Å². The van der Waals surface area contributed by atoms with Gasteiger partial charge in [0.2, 0.25) is 0 Å². The minimum absolute atomic E-state index is 0.0420. The Balaban J connectivity index is 0.900. The summed E-state index contributed by atoms with van der Waals surface area (Å²) >= 11 is 3.79. The number of para-hydroxylation sites is 2. The van der Waals surface area contributed by atoms with Crippen LogP contribution in [0.25, 0.3) is 81.0 Å². The molecule has 12 rings (SSSR count). The molecule has 1 fully saturated rings. The van der Waals surface area contributed by atoms with E-state index in [0.29, 0.717) is 5.92 Å². The molecule has 274 valence electrons. The van der Waals surface area contributed by atoms with Crippen molar-refractivity contribution in [1.82, 2.24) is 20.5 Å². The standard InChI is InChI=1S/C51H38N4S2/c1-3-11-31(12-4-1)49-52-50(32-13-5-2-6-14-32)54-51(53-49)35-19-23-39-40-27-33(20-24-45(40)57-48(39)29-35)34-21-25-46-41(28-34)42-30-36(22-26-47(42)56-46)55-43-17-9-7-15-37(43)38-16-8-10-18-44(38)55/h1-18,20-30,35,49-54H,19H2. The van der Waals surface area contributed by atoms with Gasteiger partial charge < -0.3 is 4.57 Å². The predicted octanol–water partition coefficient (Wildman–Crippen LogP) is 11.1. The van der Waals surface area contributed by atoms with Crippen molar-refractivity contribution in [2.45, 2.75) is 24.9 Å². The van der Waals surface area contributed by atoms with Gasteiger partial charge in [-0.2, -0.15) is 0 Å². The molecule has 4 heterocycles. The molecular weight excluding hydrogens is 733 g/mol. The van der Waals surface area contributed by atoms with Crippen molar-refractivity contribution < 1.29 is 0 Å². The fourth-order valence-electron chi connectivity index (χ4n) is 9.28. The number of fused-ring (bicyclic) bond motifs is 9. The Morgan fingerprint density at radius 2 is 1.02 bits per heavy atom. The molecule has 3 aromatic heterocycles. The van der Waals surface area contributed by atoms with Crippen molar-refractivity contribution >= 4 is 86.9 Å². The van der Waals surface area contributed by atoms with E-state index in [1.54, 1.807) is 0 Å². The summed E-state index contributed by atoms with van der Waals surface area (Å²) in [6.07, 6.45) is 6.15. The van der Waals surface area contributed by atoms with E-state index in [2.05, 4.69) is 196 Å². The highest BCUT2D eigenvalue weighted by molar-refractivity contribution is 7.25. The molecule has 3 atom stereocenters. The van der Waals surface area contributed by atoms with Gasteiger partial charge in [0.05, 0.1) is 29.5 Å². The molecule has 10 aromatic rings. The molecule has 3 unspecified atom stereocenters. The molecular formula is C51H38N4S2. The van der Waals surface area contributed by atoms with Gasteiger partial charge in [0.15, 0.2) is 0 Å². The van der Waals surface area contributed by atoms with Crippen molar-refractivity contribution in [1.29, 1.82) is 0 Å². The zero-order chi connectivity index (χ0) is 37.5. The highest BCUT2D eigenvalue weighted by Crippen LogP contribution is 2.40. The van der Waals surface area contributed by atoms with Crippen LogP contribution in [0.15, 0.2) is 164 Å². The van der Waals surface area contributed by atoms with Gasteiger partial charge in [0.25, 0.3) is 0 Å². The molecule has 0 amide bonds. The first-order chi connectivity index (χ1) is 28.2. The van der Waals surface area contributed by atoms with Crippen LogP contribution in [0.3, 0.4) is 0 Å². The van der Waals surface area contributed by atoms with Crippen molar-refractivity contribution in [3.8, 4) is 16.8 Å². The van der Waals surface area contributed by atoms with Crippen LogP contribution in [0.1, 0.15) is 29.9 Å².